The minimum Gasteiger partial charge on any atom is -0.493 e. The number of hydrogen-bond acceptors (Lipinski definition) is 3. The van der Waals surface area contributed by atoms with Gasteiger partial charge in [-0.2, -0.15) is 0 Å². The van der Waals surface area contributed by atoms with Crippen LogP contribution in [0.15, 0.2) is 48.0 Å². The molecule has 1 N–H and O–H groups in total. The van der Waals surface area contributed by atoms with Gasteiger partial charge in [-0.3, -0.25) is 4.79 Å². The quantitative estimate of drug-likeness (QED) is 0.826. The summed E-state index contributed by atoms with van der Waals surface area (Å²) in [5, 5.41) is 3.44. The number of methoxy groups -OCH3 is 2. The fraction of sp³-hybridized carbons (Fsp3) is 0.167. The lowest BCUT2D eigenvalue weighted by Gasteiger charge is -2.09. The molecule has 0 unspecified atom stereocenters. The van der Waals surface area contributed by atoms with Crippen LogP contribution >= 0.6 is 11.6 Å². The van der Waals surface area contributed by atoms with E-state index < -0.39 is 0 Å². The molecule has 0 aliphatic carbocycles. The minimum absolute atomic E-state index is 0.179. The highest BCUT2D eigenvalue weighted by Gasteiger charge is 2.07. The third kappa shape index (κ3) is 4.50. The van der Waals surface area contributed by atoms with Crippen LogP contribution in [0, 0.1) is 0 Å². The number of ether oxygens (including phenoxy) is 2. The first-order valence-corrected chi connectivity index (χ1v) is 7.38. The summed E-state index contributed by atoms with van der Waals surface area (Å²) in [4.78, 5) is 12.2. The van der Waals surface area contributed by atoms with E-state index in [4.69, 9.17) is 21.1 Å². The molecule has 5 heteroatoms. The van der Waals surface area contributed by atoms with Gasteiger partial charge in [0.25, 0.3) is 5.91 Å². The summed E-state index contributed by atoms with van der Waals surface area (Å²) in [6.07, 6.45) is 1.78. The second-order valence-electron chi connectivity index (χ2n) is 4.90. The van der Waals surface area contributed by atoms with Crippen LogP contribution in [0.1, 0.15) is 12.5 Å². The molecule has 0 bridgehead atoms. The van der Waals surface area contributed by atoms with E-state index in [2.05, 4.69) is 5.32 Å². The summed E-state index contributed by atoms with van der Waals surface area (Å²) in [6.45, 7) is 1.75. The highest BCUT2D eigenvalue weighted by atomic mass is 35.5. The average molecular weight is 332 g/mol. The summed E-state index contributed by atoms with van der Waals surface area (Å²) < 4.78 is 10.5. The van der Waals surface area contributed by atoms with Crippen molar-refractivity contribution in [3.63, 3.8) is 0 Å². The van der Waals surface area contributed by atoms with Crippen molar-refractivity contribution in [3.05, 3.63) is 58.6 Å². The topological polar surface area (TPSA) is 47.6 Å². The Labute approximate surface area is 140 Å². The second-order valence-corrected chi connectivity index (χ2v) is 5.34. The number of anilines is 1. The van der Waals surface area contributed by atoms with Crippen LogP contribution in [0.4, 0.5) is 5.69 Å². The van der Waals surface area contributed by atoms with Crippen LogP contribution < -0.4 is 14.8 Å². The Morgan fingerprint density at radius 2 is 1.70 bits per heavy atom. The highest BCUT2D eigenvalue weighted by Crippen LogP contribution is 2.28. The van der Waals surface area contributed by atoms with Gasteiger partial charge in [-0.1, -0.05) is 17.7 Å². The van der Waals surface area contributed by atoms with Crippen molar-refractivity contribution in [2.75, 3.05) is 19.5 Å². The molecular formula is C18H18ClNO3. The van der Waals surface area contributed by atoms with Crippen molar-refractivity contribution in [1.29, 1.82) is 0 Å². The van der Waals surface area contributed by atoms with E-state index in [1.54, 1.807) is 57.6 Å². The van der Waals surface area contributed by atoms with Gasteiger partial charge in [0.15, 0.2) is 11.5 Å². The van der Waals surface area contributed by atoms with Crippen LogP contribution in [-0.4, -0.2) is 20.1 Å². The SMILES string of the molecule is COc1ccc(/C=C(\C)C(=O)Nc2ccc(Cl)cc2)cc1OC. The van der Waals surface area contributed by atoms with Gasteiger partial charge in [-0.05, 0) is 55.0 Å². The minimum atomic E-state index is -0.179. The van der Waals surface area contributed by atoms with Gasteiger partial charge < -0.3 is 14.8 Å². The molecule has 0 aromatic heterocycles. The van der Waals surface area contributed by atoms with Crippen molar-refractivity contribution in [2.24, 2.45) is 0 Å². The molecule has 0 aliphatic rings. The lowest BCUT2D eigenvalue weighted by molar-refractivity contribution is -0.112. The maximum Gasteiger partial charge on any atom is 0.251 e. The third-order valence-corrected chi connectivity index (χ3v) is 3.50. The van der Waals surface area contributed by atoms with E-state index in [9.17, 15) is 4.79 Å². The standard InChI is InChI=1S/C18H18ClNO3/c1-12(18(21)20-15-7-5-14(19)6-8-15)10-13-4-9-16(22-2)17(11-13)23-3/h4-11H,1-3H3,(H,20,21)/b12-10+. The molecule has 0 aliphatic heterocycles. The Bertz CT molecular complexity index is 724. The monoisotopic (exact) mass is 331 g/mol. The summed E-state index contributed by atoms with van der Waals surface area (Å²) in [5.74, 6) is 1.09. The van der Waals surface area contributed by atoms with Crippen LogP contribution in [0.3, 0.4) is 0 Å². The summed E-state index contributed by atoms with van der Waals surface area (Å²) in [5.41, 5.74) is 2.12. The summed E-state index contributed by atoms with van der Waals surface area (Å²) in [7, 11) is 3.16. The van der Waals surface area contributed by atoms with E-state index in [1.165, 1.54) is 0 Å². The highest BCUT2D eigenvalue weighted by molar-refractivity contribution is 6.30. The maximum atomic E-state index is 12.2. The molecule has 0 heterocycles. The van der Waals surface area contributed by atoms with Crippen LogP contribution in [0.5, 0.6) is 11.5 Å². The molecule has 0 saturated heterocycles. The van der Waals surface area contributed by atoms with Crippen LogP contribution in [-0.2, 0) is 4.79 Å². The fourth-order valence-electron chi connectivity index (χ4n) is 2.02. The molecule has 120 valence electrons. The normalized spacial score (nSPS) is 11.0. The first kappa shape index (κ1) is 16.9. The number of nitrogens with one attached hydrogen (secondary N) is 1. The molecule has 0 spiro atoms. The van der Waals surface area contributed by atoms with E-state index in [0.717, 1.165) is 5.56 Å². The predicted octanol–water partition coefficient (Wildman–Crippen LogP) is 4.40. The van der Waals surface area contributed by atoms with E-state index in [0.29, 0.717) is 27.8 Å². The molecule has 0 fully saturated rings. The Balaban J connectivity index is 2.15. The van der Waals surface area contributed by atoms with Gasteiger partial charge in [0.2, 0.25) is 0 Å². The van der Waals surface area contributed by atoms with E-state index in [-0.39, 0.29) is 5.91 Å². The van der Waals surface area contributed by atoms with Gasteiger partial charge in [0.05, 0.1) is 14.2 Å². The number of amides is 1. The van der Waals surface area contributed by atoms with Gasteiger partial charge in [0, 0.05) is 16.3 Å². The fourth-order valence-corrected chi connectivity index (χ4v) is 2.15. The van der Waals surface area contributed by atoms with Crippen LogP contribution in [0.25, 0.3) is 6.08 Å². The van der Waals surface area contributed by atoms with Crippen molar-refractivity contribution in [2.45, 2.75) is 6.92 Å². The van der Waals surface area contributed by atoms with E-state index >= 15 is 0 Å². The summed E-state index contributed by atoms with van der Waals surface area (Å²) in [6, 6.07) is 12.4. The van der Waals surface area contributed by atoms with Gasteiger partial charge >= 0.3 is 0 Å². The maximum absolute atomic E-state index is 12.2. The van der Waals surface area contributed by atoms with Crippen molar-refractivity contribution in [3.8, 4) is 11.5 Å². The molecule has 2 aromatic rings. The van der Waals surface area contributed by atoms with Gasteiger partial charge in [-0.25, -0.2) is 0 Å². The Hall–Kier alpha value is -2.46. The van der Waals surface area contributed by atoms with Crippen LogP contribution in [0.2, 0.25) is 5.02 Å². The zero-order chi connectivity index (χ0) is 16.8. The molecule has 2 rings (SSSR count). The Morgan fingerprint density at radius 3 is 2.30 bits per heavy atom. The van der Waals surface area contributed by atoms with E-state index in [1.807, 2.05) is 12.1 Å². The van der Waals surface area contributed by atoms with Gasteiger partial charge in [-0.15, -0.1) is 0 Å². The molecule has 23 heavy (non-hydrogen) atoms. The number of benzene rings is 2. The molecule has 0 radical (unpaired) electrons. The Morgan fingerprint density at radius 1 is 1.04 bits per heavy atom. The first-order valence-electron chi connectivity index (χ1n) is 7.00. The molecule has 4 nitrogen and oxygen atoms in total. The smallest absolute Gasteiger partial charge is 0.251 e. The zero-order valence-electron chi connectivity index (χ0n) is 13.2. The predicted molar refractivity (Wildman–Crippen MR) is 93.3 cm³/mol. The molecule has 0 saturated carbocycles. The number of carbonyl (C=O) groups is 1. The molecule has 0 atom stereocenters. The van der Waals surface area contributed by atoms with Crippen molar-refractivity contribution < 1.29 is 14.3 Å². The first-order chi connectivity index (χ1) is 11.0. The third-order valence-electron chi connectivity index (χ3n) is 3.25. The largest absolute Gasteiger partial charge is 0.493 e. The number of halogens is 1. The lowest BCUT2D eigenvalue weighted by Crippen LogP contribution is -2.12. The van der Waals surface area contributed by atoms with Gasteiger partial charge in [0.1, 0.15) is 0 Å². The zero-order valence-corrected chi connectivity index (χ0v) is 14.0. The van der Waals surface area contributed by atoms with Crippen molar-refractivity contribution >= 4 is 29.3 Å². The molecule has 2 aromatic carbocycles. The summed E-state index contributed by atoms with van der Waals surface area (Å²) >= 11 is 5.83. The van der Waals surface area contributed by atoms with Crippen molar-refractivity contribution in [1.82, 2.24) is 0 Å². The molecular weight excluding hydrogens is 314 g/mol. The molecule has 1 amide bonds. The average Bonchev–Trinajstić information content (AvgIpc) is 2.56. The number of carbonyl (C=O) groups excluding carboxylic acids is 1. The number of rotatable bonds is 5. The second kappa shape index (κ2) is 7.70. The number of hydrogen-bond donors (Lipinski definition) is 1. The Kier molecular flexibility index (Phi) is 5.66. The lowest BCUT2D eigenvalue weighted by atomic mass is 10.1.